The molecule has 5 heteroatoms. The Morgan fingerprint density at radius 1 is 1.39 bits per heavy atom. The van der Waals surface area contributed by atoms with Crippen LogP contribution in [0.3, 0.4) is 0 Å². The molecular weight excluding hydrogens is 312 g/mol. The number of benzene rings is 1. The van der Waals surface area contributed by atoms with Crippen LogP contribution in [0.1, 0.15) is 42.6 Å². The number of halogens is 1. The van der Waals surface area contributed by atoms with Crippen LogP contribution in [0.5, 0.6) is 5.75 Å². The third kappa shape index (κ3) is 4.06. The van der Waals surface area contributed by atoms with Crippen molar-refractivity contribution in [2.24, 2.45) is 5.41 Å². The van der Waals surface area contributed by atoms with Crippen molar-refractivity contribution < 1.29 is 9.53 Å². The predicted octanol–water partition coefficient (Wildman–Crippen LogP) is 2.90. The third-order valence-electron chi connectivity index (χ3n) is 5.01. The number of likely N-dealkylation sites (tertiary alicyclic amines) is 1. The highest BCUT2D eigenvalue weighted by molar-refractivity contribution is 5.94. The molecule has 3 rings (SSSR count). The van der Waals surface area contributed by atoms with Gasteiger partial charge in [-0.1, -0.05) is 0 Å². The number of nitrogens with zero attached hydrogens (tertiary/aromatic N) is 1. The van der Waals surface area contributed by atoms with Crippen LogP contribution in [-0.4, -0.2) is 43.5 Å². The maximum Gasteiger partial charge on any atom is 0.159 e. The van der Waals surface area contributed by atoms with E-state index >= 15 is 0 Å². The first-order chi connectivity index (χ1) is 10.6. The SMILES string of the molecule is CCOc1ccc(C(C)=O)cc1CN1CCC2(CCNC2)C1.Cl. The van der Waals surface area contributed by atoms with Crippen molar-refractivity contribution in [1.29, 1.82) is 0 Å². The Morgan fingerprint density at radius 2 is 2.22 bits per heavy atom. The third-order valence-corrected chi connectivity index (χ3v) is 5.01. The number of carbonyl (C=O) groups excluding carboxylic acids is 1. The Balaban J connectivity index is 0.00000192. The molecule has 2 aliphatic rings. The highest BCUT2D eigenvalue weighted by atomic mass is 35.5. The lowest BCUT2D eigenvalue weighted by Crippen LogP contribution is -2.29. The number of nitrogens with one attached hydrogen (secondary N) is 1. The molecule has 2 fully saturated rings. The van der Waals surface area contributed by atoms with Crippen LogP contribution in [0, 0.1) is 5.41 Å². The minimum atomic E-state index is 0. The van der Waals surface area contributed by atoms with E-state index in [-0.39, 0.29) is 18.2 Å². The second kappa shape index (κ2) is 7.65. The number of hydrogen-bond acceptors (Lipinski definition) is 4. The molecule has 1 spiro atoms. The molecule has 2 heterocycles. The van der Waals surface area contributed by atoms with E-state index in [1.165, 1.54) is 12.8 Å². The highest BCUT2D eigenvalue weighted by Gasteiger charge is 2.40. The standard InChI is InChI=1S/C18H26N2O2.ClH/c1-3-22-17-5-4-15(14(2)21)10-16(17)11-20-9-7-18(13-20)6-8-19-12-18;/h4-5,10,19H,3,6-9,11-13H2,1-2H3;1H. The maximum atomic E-state index is 11.6. The van der Waals surface area contributed by atoms with Gasteiger partial charge in [0.25, 0.3) is 0 Å². The number of rotatable bonds is 5. The summed E-state index contributed by atoms with van der Waals surface area (Å²) in [6, 6.07) is 5.81. The van der Waals surface area contributed by atoms with Crippen molar-refractivity contribution >= 4 is 18.2 Å². The second-order valence-electron chi connectivity index (χ2n) is 6.70. The van der Waals surface area contributed by atoms with Gasteiger partial charge in [0.2, 0.25) is 0 Å². The topological polar surface area (TPSA) is 41.6 Å². The van der Waals surface area contributed by atoms with Crippen LogP contribution >= 0.6 is 12.4 Å². The van der Waals surface area contributed by atoms with Crippen molar-refractivity contribution in [3.8, 4) is 5.75 Å². The van der Waals surface area contributed by atoms with Crippen molar-refractivity contribution in [1.82, 2.24) is 10.2 Å². The van der Waals surface area contributed by atoms with Gasteiger partial charge in [0, 0.05) is 30.8 Å². The first-order valence-corrected chi connectivity index (χ1v) is 8.32. The summed E-state index contributed by atoms with van der Waals surface area (Å²) < 4.78 is 5.75. The summed E-state index contributed by atoms with van der Waals surface area (Å²) in [6.07, 6.45) is 2.56. The molecule has 0 saturated carbocycles. The Bertz CT molecular complexity index is 556. The Morgan fingerprint density at radius 3 is 2.87 bits per heavy atom. The van der Waals surface area contributed by atoms with Gasteiger partial charge in [-0.3, -0.25) is 9.69 Å². The van der Waals surface area contributed by atoms with Gasteiger partial charge in [-0.25, -0.2) is 0 Å². The summed E-state index contributed by atoms with van der Waals surface area (Å²) in [4.78, 5) is 14.2. The van der Waals surface area contributed by atoms with Gasteiger partial charge in [0.15, 0.2) is 5.78 Å². The fourth-order valence-corrected chi connectivity index (χ4v) is 3.77. The summed E-state index contributed by atoms with van der Waals surface area (Å²) in [5.74, 6) is 1.03. The molecule has 23 heavy (non-hydrogen) atoms. The summed E-state index contributed by atoms with van der Waals surface area (Å²) >= 11 is 0. The molecule has 1 aromatic rings. The van der Waals surface area contributed by atoms with Crippen LogP contribution in [0.2, 0.25) is 0 Å². The van der Waals surface area contributed by atoms with E-state index in [1.807, 2.05) is 25.1 Å². The zero-order valence-electron chi connectivity index (χ0n) is 14.1. The molecule has 1 aromatic carbocycles. The van der Waals surface area contributed by atoms with Crippen LogP contribution in [0.25, 0.3) is 0 Å². The molecular formula is C18H27ClN2O2. The van der Waals surface area contributed by atoms with E-state index in [1.54, 1.807) is 6.92 Å². The summed E-state index contributed by atoms with van der Waals surface area (Å²) in [6.45, 7) is 9.73. The van der Waals surface area contributed by atoms with Gasteiger partial charge < -0.3 is 10.1 Å². The van der Waals surface area contributed by atoms with Crippen LogP contribution in [0.4, 0.5) is 0 Å². The fraction of sp³-hybridized carbons (Fsp3) is 0.611. The molecule has 4 nitrogen and oxygen atoms in total. The van der Waals surface area contributed by atoms with E-state index in [4.69, 9.17) is 4.74 Å². The highest BCUT2D eigenvalue weighted by Crippen LogP contribution is 2.37. The Hall–Kier alpha value is -1.10. The monoisotopic (exact) mass is 338 g/mol. The molecule has 0 aliphatic carbocycles. The molecule has 1 N–H and O–H groups in total. The van der Waals surface area contributed by atoms with Crippen molar-refractivity contribution in [3.63, 3.8) is 0 Å². The van der Waals surface area contributed by atoms with Crippen molar-refractivity contribution in [3.05, 3.63) is 29.3 Å². The Labute approximate surface area is 145 Å². The second-order valence-corrected chi connectivity index (χ2v) is 6.70. The van der Waals surface area contributed by atoms with E-state index < -0.39 is 0 Å². The molecule has 1 atom stereocenters. The normalized spacial score (nSPS) is 23.9. The van der Waals surface area contributed by atoms with Crippen LogP contribution in [0.15, 0.2) is 18.2 Å². The lowest BCUT2D eigenvalue weighted by Gasteiger charge is -2.23. The van der Waals surface area contributed by atoms with E-state index in [0.717, 1.165) is 49.6 Å². The lowest BCUT2D eigenvalue weighted by atomic mass is 9.86. The van der Waals surface area contributed by atoms with Gasteiger partial charge >= 0.3 is 0 Å². The zero-order valence-corrected chi connectivity index (χ0v) is 14.9. The van der Waals surface area contributed by atoms with E-state index in [2.05, 4.69) is 10.2 Å². The van der Waals surface area contributed by atoms with E-state index in [0.29, 0.717) is 12.0 Å². The van der Waals surface area contributed by atoms with Gasteiger partial charge in [-0.05, 0) is 63.4 Å². The van der Waals surface area contributed by atoms with Crippen molar-refractivity contribution in [2.75, 3.05) is 32.8 Å². The molecule has 0 aromatic heterocycles. The summed E-state index contributed by atoms with van der Waals surface area (Å²) in [5.41, 5.74) is 2.39. The summed E-state index contributed by atoms with van der Waals surface area (Å²) in [5, 5.41) is 3.50. The minimum Gasteiger partial charge on any atom is -0.494 e. The number of carbonyl (C=O) groups is 1. The number of ether oxygens (including phenoxy) is 1. The lowest BCUT2D eigenvalue weighted by molar-refractivity contribution is 0.101. The van der Waals surface area contributed by atoms with E-state index in [9.17, 15) is 4.79 Å². The molecule has 0 bridgehead atoms. The van der Waals surface area contributed by atoms with Crippen LogP contribution in [-0.2, 0) is 6.54 Å². The molecule has 1 unspecified atom stereocenters. The number of Topliss-reactive ketones (excluding diaryl/α,β-unsaturated/α-hetero) is 1. The van der Waals surface area contributed by atoms with Gasteiger partial charge in [0.1, 0.15) is 5.75 Å². The van der Waals surface area contributed by atoms with Crippen molar-refractivity contribution in [2.45, 2.75) is 33.2 Å². The molecule has 2 saturated heterocycles. The van der Waals surface area contributed by atoms with Gasteiger partial charge in [-0.15, -0.1) is 12.4 Å². The average molecular weight is 339 g/mol. The minimum absolute atomic E-state index is 0. The van der Waals surface area contributed by atoms with Crippen LogP contribution < -0.4 is 10.1 Å². The quantitative estimate of drug-likeness (QED) is 0.838. The van der Waals surface area contributed by atoms with Gasteiger partial charge in [-0.2, -0.15) is 0 Å². The zero-order chi connectivity index (χ0) is 15.6. The molecule has 0 radical (unpaired) electrons. The van der Waals surface area contributed by atoms with Gasteiger partial charge in [0.05, 0.1) is 6.61 Å². The largest absolute Gasteiger partial charge is 0.494 e. The predicted molar refractivity (Wildman–Crippen MR) is 94.7 cm³/mol. The molecule has 0 amide bonds. The first kappa shape index (κ1) is 18.2. The fourth-order valence-electron chi connectivity index (χ4n) is 3.77. The molecule has 128 valence electrons. The average Bonchev–Trinajstić information content (AvgIpc) is 3.11. The molecule has 2 aliphatic heterocycles. The first-order valence-electron chi connectivity index (χ1n) is 8.32. The number of hydrogen-bond donors (Lipinski definition) is 1. The summed E-state index contributed by atoms with van der Waals surface area (Å²) in [7, 11) is 0. The smallest absolute Gasteiger partial charge is 0.159 e. The maximum absolute atomic E-state index is 11.6. The number of ketones is 1. The Kier molecular flexibility index (Phi) is 6.06.